The van der Waals surface area contributed by atoms with Gasteiger partial charge in [-0.05, 0) is 18.6 Å². The van der Waals surface area contributed by atoms with E-state index in [0.29, 0.717) is 12.4 Å². The number of hydrogen-bond donors (Lipinski definition) is 0. The van der Waals surface area contributed by atoms with E-state index in [2.05, 4.69) is 0 Å². The van der Waals surface area contributed by atoms with Crippen LogP contribution in [0.25, 0.3) is 0 Å². The molecule has 0 fully saturated rings. The second kappa shape index (κ2) is 5.85. The Bertz CT molecular complexity index is 390. The highest BCUT2D eigenvalue weighted by atomic mass is 16.6. The van der Waals surface area contributed by atoms with Crippen molar-refractivity contribution in [2.75, 3.05) is 6.61 Å². The first-order chi connectivity index (χ1) is 7.69. The molecule has 0 aliphatic heterocycles. The summed E-state index contributed by atoms with van der Waals surface area (Å²) >= 11 is 0. The Morgan fingerprint density at radius 1 is 1.50 bits per heavy atom. The molecule has 85 valence electrons. The maximum atomic E-state index is 10.6. The number of nitro benzene ring substituents is 1. The Morgan fingerprint density at radius 2 is 2.25 bits per heavy atom. The minimum absolute atomic E-state index is 0.0622. The van der Waals surface area contributed by atoms with Crippen LogP contribution in [0.15, 0.2) is 18.2 Å². The lowest BCUT2D eigenvalue weighted by atomic mass is 10.2. The minimum Gasteiger partial charge on any atom is -0.493 e. The molecule has 0 bridgehead atoms. The molecule has 0 heterocycles. The van der Waals surface area contributed by atoms with Gasteiger partial charge in [0.2, 0.25) is 6.29 Å². The zero-order valence-electron chi connectivity index (χ0n) is 8.93. The van der Waals surface area contributed by atoms with E-state index >= 15 is 0 Å². The summed E-state index contributed by atoms with van der Waals surface area (Å²) in [5, 5.41) is 10.6. The van der Waals surface area contributed by atoms with Crippen molar-refractivity contribution in [1.29, 1.82) is 0 Å². The van der Waals surface area contributed by atoms with E-state index in [-0.39, 0.29) is 11.3 Å². The molecule has 0 aliphatic rings. The van der Waals surface area contributed by atoms with Crippen molar-refractivity contribution in [3.05, 3.63) is 33.9 Å². The number of carbonyl (C=O) groups excluding carboxylic acids is 1. The normalized spacial score (nSPS) is 9.81. The molecular formula is C11H12NO4. The van der Waals surface area contributed by atoms with Crippen LogP contribution in [-0.4, -0.2) is 17.8 Å². The Labute approximate surface area is 93.2 Å². The van der Waals surface area contributed by atoms with Gasteiger partial charge in [-0.3, -0.25) is 14.9 Å². The van der Waals surface area contributed by atoms with Crippen LogP contribution in [-0.2, 0) is 4.79 Å². The average molecular weight is 222 g/mol. The lowest BCUT2D eigenvalue weighted by Crippen LogP contribution is -1.99. The lowest BCUT2D eigenvalue weighted by molar-refractivity contribution is -0.385. The van der Waals surface area contributed by atoms with E-state index in [1.807, 2.05) is 6.92 Å². The van der Waals surface area contributed by atoms with Crippen LogP contribution in [0.4, 0.5) is 5.69 Å². The van der Waals surface area contributed by atoms with Crippen molar-refractivity contribution < 1.29 is 14.5 Å². The maximum absolute atomic E-state index is 10.6. The van der Waals surface area contributed by atoms with Crippen molar-refractivity contribution in [2.45, 2.75) is 19.8 Å². The molecular weight excluding hydrogens is 210 g/mol. The Hall–Kier alpha value is -1.91. The number of nitro groups is 1. The molecule has 0 unspecified atom stereocenters. The first-order valence-corrected chi connectivity index (χ1v) is 4.98. The highest BCUT2D eigenvalue weighted by Crippen LogP contribution is 2.23. The SMILES string of the molecule is CCCCOc1ccc([C]=O)c([N+](=O)[O-])c1. The summed E-state index contributed by atoms with van der Waals surface area (Å²) in [6.07, 6.45) is 3.40. The Morgan fingerprint density at radius 3 is 2.81 bits per heavy atom. The van der Waals surface area contributed by atoms with Crippen LogP contribution >= 0.6 is 0 Å². The number of hydrogen-bond acceptors (Lipinski definition) is 4. The molecule has 0 spiro atoms. The summed E-state index contributed by atoms with van der Waals surface area (Å²) in [5.41, 5.74) is -0.336. The summed E-state index contributed by atoms with van der Waals surface area (Å²) in [6, 6.07) is 4.12. The molecule has 0 amide bonds. The van der Waals surface area contributed by atoms with Gasteiger partial charge in [-0.1, -0.05) is 13.3 Å². The monoisotopic (exact) mass is 222 g/mol. The summed E-state index contributed by atoms with van der Waals surface area (Å²) in [6.45, 7) is 2.54. The van der Waals surface area contributed by atoms with E-state index < -0.39 is 4.92 Å². The molecule has 1 aromatic rings. The van der Waals surface area contributed by atoms with Crippen LogP contribution < -0.4 is 4.74 Å². The smallest absolute Gasteiger partial charge is 0.284 e. The van der Waals surface area contributed by atoms with Crippen molar-refractivity contribution in [1.82, 2.24) is 0 Å². The highest BCUT2D eigenvalue weighted by Gasteiger charge is 2.14. The van der Waals surface area contributed by atoms with Gasteiger partial charge in [-0.15, -0.1) is 0 Å². The predicted octanol–water partition coefficient (Wildman–Crippen LogP) is 2.23. The minimum atomic E-state index is -0.618. The highest BCUT2D eigenvalue weighted by molar-refractivity contribution is 5.82. The van der Waals surface area contributed by atoms with Gasteiger partial charge in [0, 0.05) is 0 Å². The van der Waals surface area contributed by atoms with Gasteiger partial charge in [-0.25, -0.2) is 0 Å². The van der Waals surface area contributed by atoms with Gasteiger partial charge < -0.3 is 4.74 Å². The fourth-order valence-corrected chi connectivity index (χ4v) is 1.17. The number of ether oxygens (including phenoxy) is 1. The van der Waals surface area contributed by atoms with Crippen molar-refractivity contribution in [3.8, 4) is 5.75 Å². The number of benzene rings is 1. The molecule has 0 N–H and O–H groups in total. The molecule has 5 nitrogen and oxygen atoms in total. The van der Waals surface area contributed by atoms with E-state index in [1.54, 1.807) is 0 Å². The van der Waals surface area contributed by atoms with Gasteiger partial charge in [0.15, 0.2) is 0 Å². The average Bonchev–Trinajstić information content (AvgIpc) is 2.29. The molecule has 16 heavy (non-hydrogen) atoms. The number of unbranched alkanes of at least 4 members (excludes halogenated alkanes) is 1. The summed E-state index contributed by atoms with van der Waals surface area (Å²) < 4.78 is 5.30. The zero-order valence-corrected chi connectivity index (χ0v) is 8.93. The summed E-state index contributed by atoms with van der Waals surface area (Å²) in [7, 11) is 0. The predicted molar refractivity (Wildman–Crippen MR) is 58.3 cm³/mol. The standard InChI is InChI=1S/C11H12NO4/c1-2-3-6-16-10-5-4-9(8-13)11(7-10)12(14)15/h4-5,7H,2-3,6H2,1H3. The lowest BCUT2D eigenvalue weighted by Gasteiger charge is -2.05. The van der Waals surface area contributed by atoms with Crippen molar-refractivity contribution in [2.24, 2.45) is 0 Å². The fraction of sp³-hybridized carbons (Fsp3) is 0.364. The first kappa shape index (κ1) is 12.2. The zero-order chi connectivity index (χ0) is 12.0. The molecule has 0 aromatic heterocycles. The van der Waals surface area contributed by atoms with Crippen LogP contribution in [0.1, 0.15) is 25.3 Å². The quantitative estimate of drug-likeness (QED) is 0.420. The van der Waals surface area contributed by atoms with E-state index in [9.17, 15) is 14.9 Å². The molecule has 1 aromatic carbocycles. The molecule has 1 rings (SSSR count). The van der Waals surface area contributed by atoms with Gasteiger partial charge in [0.05, 0.1) is 17.6 Å². The van der Waals surface area contributed by atoms with Crippen LogP contribution in [0, 0.1) is 10.1 Å². The van der Waals surface area contributed by atoms with Gasteiger partial charge >= 0.3 is 0 Å². The van der Waals surface area contributed by atoms with Crippen LogP contribution in [0.3, 0.4) is 0 Å². The third-order valence-corrected chi connectivity index (χ3v) is 2.04. The van der Waals surface area contributed by atoms with Crippen molar-refractivity contribution in [3.63, 3.8) is 0 Å². The first-order valence-electron chi connectivity index (χ1n) is 4.98. The van der Waals surface area contributed by atoms with Crippen LogP contribution in [0.2, 0.25) is 0 Å². The van der Waals surface area contributed by atoms with E-state index in [1.165, 1.54) is 24.5 Å². The number of nitrogens with zero attached hydrogens (tertiary/aromatic N) is 1. The summed E-state index contributed by atoms with van der Waals surface area (Å²) in [5.74, 6) is 0.402. The van der Waals surface area contributed by atoms with E-state index in [0.717, 1.165) is 12.8 Å². The van der Waals surface area contributed by atoms with Gasteiger partial charge in [-0.2, -0.15) is 0 Å². The van der Waals surface area contributed by atoms with Crippen molar-refractivity contribution >= 4 is 12.0 Å². The van der Waals surface area contributed by atoms with Gasteiger partial charge in [0.25, 0.3) is 5.69 Å². The molecule has 0 aliphatic carbocycles. The largest absolute Gasteiger partial charge is 0.493 e. The molecule has 5 heteroatoms. The summed E-state index contributed by atoms with van der Waals surface area (Å²) in [4.78, 5) is 20.4. The molecule has 0 saturated carbocycles. The third kappa shape index (κ3) is 3.05. The fourth-order valence-electron chi connectivity index (χ4n) is 1.17. The Kier molecular flexibility index (Phi) is 4.44. The second-order valence-electron chi connectivity index (χ2n) is 3.24. The molecule has 0 atom stereocenters. The second-order valence-corrected chi connectivity index (χ2v) is 3.24. The van der Waals surface area contributed by atoms with E-state index in [4.69, 9.17) is 4.74 Å². The van der Waals surface area contributed by atoms with Crippen LogP contribution in [0.5, 0.6) is 5.75 Å². The Balaban J connectivity index is 2.85. The topological polar surface area (TPSA) is 69.4 Å². The molecule has 0 saturated heterocycles. The third-order valence-electron chi connectivity index (χ3n) is 2.04. The van der Waals surface area contributed by atoms with Gasteiger partial charge in [0.1, 0.15) is 11.3 Å². The molecule has 1 radical (unpaired) electrons. The maximum Gasteiger partial charge on any atom is 0.284 e. The number of rotatable bonds is 6.